The summed E-state index contributed by atoms with van der Waals surface area (Å²) in [5, 5.41) is 1.63. The van der Waals surface area contributed by atoms with E-state index in [1.54, 1.807) is 17.3 Å². The van der Waals surface area contributed by atoms with Gasteiger partial charge >= 0.3 is 0 Å². The molecule has 2 aromatic heterocycles. The molecule has 0 aliphatic carbocycles. The van der Waals surface area contributed by atoms with Gasteiger partial charge in [-0.25, -0.2) is 9.19 Å². The van der Waals surface area contributed by atoms with Gasteiger partial charge in [0.1, 0.15) is 10.0 Å². The molecule has 0 aromatic carbocycles. The predicted molar refractivity (Wildman–Crippen MR) is 109 cm³/mol. The first-order chi connectivity index (χ1) is 12.3. The highest BCUT2D eigenvalue weighted by Crippen LogP contribution is 2.35. The number of amides is 1. The number of hydrogen-bond acceptors (Lipinski definition) is 6. The van der Waals surface area contributed by atoms with E-state index in [1.807, 2.05) is 32.9 Å². The van der Waals surface area contributed by atoms with Gasteiger partial charge in [-0.05, 0) is 38.3 Å². The van der Waals surface area contributed by atoms with Gasteiger partial charge in [-0.3, -0.25) is 9.78 Å². The number of thiazole rings is 1. The number of pyridine rings is 1. The second-order valence-electron chi connectivity index (χ2n) is 5.92. The van der Waals surface area contributed by atoms with E-state index in [4.69, 9.17) is 4.18 Å². The third-order valence-corrected chi connectivity index (χ3v) is 6.86. The predicted octanol–water partition coefficient (Wildman–Crippen LogP) is 3.17. The Hall–Kier alpha value is -1.77. The summed E-state index contributed by atoms with van der Waals surface area (Å²) >= 11 is 1.46. The quantitative estimate of drug-likeness (QED) is 0.642. The fraction of sp³-hybridized carbons (Fsp3) is 0.444. The SMILES string of the molecule is C=S(=O)(CC(CC)C(=O)N(CC)c1sc(-c2cccnc2)nc1C)OC. The Morgan fingerprint density at radius 2 is 2.19 bits per heavy atom. The van der Waals surface area contributed by atoms with Crippen LogP contribution in [0.3, 0.4) is 0 Å². The van der Waals surface area contributed by atoms with Gasteiger partial charge in [-0.15, -0.1) is 0 Å². The number of carbonyl (C=O) groups is 1. The van der Waals surface area contributed by atoms with Crippen LogP contribution in [-0.4, -0.2) is 45.4 Å². The van der Waals surface area contributed by atoms with Crippen LogP contribution in [0.5, 0.6) is 0 Å². The molecule has 0 aliphatic rings. The van der Waals surface area contributed by atoms with Gasteiger partial charge in [0.05, 0.1) is 34.3 Å². The molecule has 2 unspecified atom stereocenters. The molecule has 2 rings (SSSR count). The number of nitrogens with zero attached hydrogens (tertiary/aromatic N) is 3. The van der Waals surface area contributed by atoms with E-state index >= 15 is 0 Å². The van der Waals surface area contributed by atoms with Crippen molar-refractivity contribution < 1.29 is 13.2 Å². The normalized spacial score (nSPS) is 14.6. The van der Waals surface area contributed by atoms with Crippen molar-refractivity contribution in [3.63, 3.8) is 0 Å². The van der Waals surface area contributed by atoms with Gasteiger partial charge in [0, 0.05) is 24.5 Å². The van der Waals surface area contributed by atoms with E-state index in [1.165, 1.54) is 18.4 Å². The third-order valence-electron chi connectivity index (χ3n) is 4.11. The molecule has 0 saturated carbocycles. The van der Waals surface area contributed by atoms with Crippen molar-refractivity contribution >= 4 is 37.9 Å². The second-order valence-corrected chi connectivity index (χ2v) is 9.05. The molecule has 0 bridgehead atoms. The standard InChI is InChI=1S/C18H25N3O3S2/c1-6-14(12-26(5,23)24-4)17(22)21(7-2)18-13(3)20-16(25-18)15-9-8-10-19-11-15/h8-11,14H,5-7,12H2,1-4H3. The highest BCUT2D eigenvalue weighted by molar-refractivity contribution is 7.95. The molecular formula is C18H25N3O3S2. The zero-order valence-electron chi connectivity index (χ0n) is 15.6. The van der Waals surface area contributed by atoms with Crippen molar-refractivity contribution in [2.24, 2.45) is 5.92 Å². The van der Waals surface area contributed by atoms with Crippen LogP contribution in [0.1, 0.15) is 26.0 Å². The number of hydrogen-bond donors (Lipinski definition) is 0. The molecule has 0 radical (unpaired) electrons. The zero-order valence-corrected chi connectivity index (χ0v) is 17.2. The van der Waals surface area contributed by atoms with Crippen LogP contribution in [0.4, 0.5) is 5.00 Å². The lowest BCUT2D eigenvalue weighted by atomic mass is 10.1. The molecule has 0 N–H and O–H groups in total. The highest BCUT2D eigenvalue weighted by atomic mass is 32.2. The minimum Gasteiger partial charge on any atom is -0.302 e. The summed E-state index contributed by atoms with van der Waals surface area (Å²) in [5.74, 6) is 3.22. The lowest BCUT2D eigenvalue weighted by Crippen LogP contribution is -2.38. The Kier molecular flexibility index (Phi) is 6.91. The summed E-state index contributed by atoms with van der Waals surface area (Å²) in [6.45, 7) is 6.23. The Balaban J connectivity index is 2.32. The smallest absolute Gasteiger partial charge is 0.231 e. The molecule has 26 heavy (non-hydrogen) atoms. The Morgan fingerprint density at radius 1 is 1.46 bits per heavy atom. The van der Waals surface area contributed by atoms with Crippen molar-refractivity contribution in [2.75, 3.05) is 24.3 Å². The summed E-state index contributed by atoms with van der Waals surface area (Å²) in [7, 11) is -1.36. The lowest BCUT2D eigenvalue weighted by Gasteiger charge is -2.25. The number of aromatic nitrogens is 2. The molecule has 0 aliphatic heterocycles. The van der Waals surface area contributed by atoms with Crippen molar-refractivity contribution in [2.45, 2.75) is 27.2 Å². The summed E-state index contributed by atoms with van der Waals surface area (Å²) < 4.78 is 17.2. The molecule has 8 heteroatoms. The molecule has 2 aromatic rings. The Bertz CT molecular complexity index is 848. The number of anilines is 1. The van der Waals surface area contributed by atoms with Crippen LogP contribution in [0.2, 0.25) is 0 Å². The van der Waals surface area contributed by atoms with Crippen LogP contribution in [-0.2, 0) is 18.8 Å². The van der Waals surface area contributed by atoms with Gasteiger partial charge in [-0.1, -0.05) is 18.3 Å². The number of rotatable bonds is 8. The average molecular weight is 396 g/mol. The zero-order chi connectivity index (χ0) is 19.3. The van der Waals surface area contributed by atoms with Gasteiger partial charge in [0.15, 0.2) is 0 Å². The van der Waals surface area contributed by atoms with Gasteiger partial charge < -0.3 is 9.08 Å². The monoisotopic (exact) mass is 395 g/mol. The molecule has 2 heterocycles. The summed E-state index contributed by atoms with van der Waals surface area (Å²) in [6.07, 6.45) is 4.04. The molecule has 1 amide bonds. The fourth-order valence-corrected chi connectivity index (χ4v) is 4.86. The maximum atomic E-state index is 13.1. The lowest BCUT2D eigenvalue weighted by molar-refractivity contribution is -0.121. The van der Waals surface area contributed by atoms with Crippen LogP contribution >= 0.6 is 11.3 Å². The topological polar surface area (TPSA) is 72.4 Å². The highest BCUT2D eigenvalue weighted by Gasteiger charge is 2.28. The van der Waals surface area contributed by atoms with E-state index in [0.29, 0.717) is 13.0 Å². The second kappa shape index (κ2) is 8.75. The largest absolute Gasteiger partial charge is 0.302 e. The maximum absolute atomic E-state index is 13.1. The summed E-state index contributed by atoms with van der Waals surface area (Å²) in [4.78, 5) is 23.5. The van der Waals surface area contributed by atoms with Gasteiger partial charge in [0.2, 0.25) is 5.91 Å². The van der Waals surface area contributed by atoms with Crippen LogP contribution < -0.4 is 4.90 Å². The van der Waals surface area contributed by atoms with Crippen molar-refractivity contribution in [3.05, 3.63) is 30.2 Å². The van der Waals surface area contributed by atoms with Crippen LogP contribution in [0.15, 0.2) is 24.5 Å². The first-order valence-electron chi connectivity index (χ1n) is 8.42. The summed E-state index contributed by atoms with van der Waals surface area (Å²) in [5.41, 5.74) is 1.71. The van der Waals surface area contributed by atoms with Crippen molar-refractivity contribution in [3.8, 4) is 10.6 Å². The third kappa shape index (κ3) is 4.69. The van der Waals surface area contributed by atoms with E-state index in [0.717, 1.165) is 21.3 Å². The Labute approximate surface area is 159 Å². The fourth-order valence-electron chi connectivity index (χ4n) is 2.61. The molecule has 0 saturated heterocycles. The maximum Gasteiger partial charge on any atom is 0.231 e. The summed E-state index contributed by atoms with van der Waals surface area (Å²) in [6, 6.07) is 3.80. The first-order valence-corrected chi connectivity index (χ1v) is 11.1. The molecule has 6 nitrogen and oxygen atoms in total. The molecule has 0 spiro atoms. The molecule has 2 atom stereocenters. The van der Waals surface area contributed by atoms with Crippen LogP contribution in [0, 0.1) is 12.8 Å². The first kappa shape index (κ1) is 20.5. The average Bonchev–Trinajstić information content (AvgIpc) is 3.02. The number of carbonyl (C=O) groups excluding carboxylic acids is 1. The van der Waals surface area contributed by atoms with E-state index in [-0.39, 0.29) is 11.7 Å². The van der Waals surface area contributed by atoms with Gasteiger partial charge in [-0.2, -0.15) is 0 Å². The molecule has 0 fully saturated rings. The van der Waals surface area contributed by atoms with Crippen molar-refractivity contribution in [1.82, 2.24) is 9.97 Å². The van der Waals surface area contributed by atoms with E-state index in [9.17, 15) is 9.00 Å². The minimum absolute atomic E-state index is 0.0760. The molecular weight excluding hydrogens is 370 g/mol. The molecule has 142 valence electrons. The van der Waals surface area contributed by atoms with Gasteiger partial charge in [0.25, 0.3) is 0 Å². The van der Waals surface area contributed by atoms with Crippen molar-refractivity contribution in [1.29, 1.82) is 0 Å². The van der Waals surface area contributed by atoms with E-state index in [2.05, 4.69) is 15.8 Å². The Morgan fingerprint density at radius 3 is 2.73 bits per heavy atom. The van der Waals surface area contributed by atoms with Crippen LogP contribution in [0.25, 0.3) is 10.6 Å². The van der Waals surface area contributed by atoms with E-state index < -0.39 is 15.7 Å². The number of aryl methyl sites for hydroxylation is 1. The minimum atomic E-state index is -2.72.